The fraction of sp³-hybridized carbons (Fsp3) is 0.450. The van der Waals surface area contributed by atoms with Crippen LogP contribution in [-0.2, 0) is 74.6 Å². The molecule has 0 saturated heterocycles. The summed E-state index contributed by atoms with van der Waals surface area (Å²) in [5, 5.41) is 16.7. The summed E-state index contributed by atoms with van der Waals surface area (Å²) in [6, 6.07) is 14.8. The Morgan fingerprint density at radius 3 is 1.23 bits per heavy atom. The van der Waals surface area contributed by atoms with Gasteiger partial charge in [-0.2, -0.15) is 0 Å². The number of carbonyl (C=O) groups is 4. The lowest BCUT2D eigenvalue weighted by molar-refractivity contribution is -0.170. The third-order valence-corrected chi connectivity index (χ3v) is 10.9. The molecule has 0 atom stereocenters. The van der Waals surface area contributed by atoms with Crippen LogP contribution in [0.4, 0.5) is 0 Å². The van der Waals surface area contributed by atoms with E-state index < -0.39 is 29.3 Å². The lowest BCUT2D eigenvalue weighted by Gasteiger charge is -2.31. The zero-order valence-electron chi connectivity index (χ0n) is 30.7. The number of thiophene rings is 3. The number of phenolic OH excluding ortho intramolecular Hbond substituents is 1. The highest BCUT2D eigenvalue weighted by atomic mass is 32.1. The van der Waals surface area contributed by atoms with Crippen molar-refractivity contribution in [3.05, 3.63) is 96.0 Å². The average molecular weight is 769 g/mol. The van der Waals surface area contributed by atoms with E-state index in [-0.39, 0.29) is 68.7 Å². The normalized spacial score (nSPS) is 12.0. The topological polar surface area (TPSA) is 125 Å². The molecule has 9 nitrogen and oxygen atoms in total. The summed E-state index contributed by atoms with van der Waals surface area (Å²) >= 11 is 4.25. The first-order chi connectivity index (χ1) is 24.5. The number of esters is 4. The molecule has 1 aromatic carbocycles. The molecular formula is C40H48O9S3. The molecule has 0 aliphatic carbocycles. The number of aromatic hydroxyl groups is 1. The van der Waals surface area contributed by atoms with Crippen molar-refractivity contribution in [1.82, 2.24) is 0 Å². The van der Waals surface area contributed by atoms with Gasteiger partial charge >= 0.3 is 23.9 Å². The molecule has 4 rings (SSSR count). The Balaban J connectivity index is 1.52. The molecule has 0 fully saturated rings. The summed E-state index contributed by atoms with van der Waals surface area (Å²) in [4.78, 5) is 54.5. The van der Waals surface area contributed by atoms with Gasteiger partial charge < -0.3 is 24.1 Å². The van der Waals surface area contributed by atoms with E-state index in [0.717, 1.165) is 31.3 Å². The summed E-state index contributed by atoms with van der Waals surface area (Å²) in [6.45, 7) is 10.8. The number of ether oxygens (including phenoxy) is 4. The SMILES string of the molecule is CC(C)(C)c1cc(CCC(=O)OCC(COC(=O)Cc2cccs2)(COC(=O)Cc2cccs2)COC(=O)Cc2cccs2)cc(C(C)(C)C)c1O. The molecule has 3 aromatic heterocycles. The third kappa shape index (κ3) is 12.6. The molecule has 0 radical (unpaired) electrons. The monoisotopic (exact) mass is 768 g/mol. The van der Waals surface area contributed by atoms with E-state index in [1.807, 2.05) is 106 Å². The first-order valence-electron chi connectivity index (χ1n) is 17.1. The second-order valence-corrected chi connectivity index (χ2v) is 18.0. The van der Waals surface area contributed by atoms with Gasteiger partial charge in [-0.1, -0.05) is 71.9 Å². The van der Waals surface area contributed by atoms with Crippen molar-refractivity contribution in [3.8, 4) is 5.75 Å². The highest BCUT2D eigenvalue weighted by molar-refractivity contribution is 7.10. The second-order valence-electron chi connectivity index (χ2n) is 15.0. The third-order valence-electron chi connectivity index (χ3n) is 8.26. The van der Waals surface area contributed by atoms with E-state index in [1.165, 1.54) is 34.0 Å². The van der Waals surface area contributed by atoms with E-state index in [4.69, 9.17) is 18.9 Å². The van der Waals surface area contributed by atoms with Gasteiger partial charge in [-0.25, -0.2) is 0 Å². The molecule has 0 bridgehead atoms. The maximum absolute atomic E-state index is 13.4. The number of hydrogen-bond donors (Lipinski definition) is 1. The van der Waals surface area contributed by atoms with Crippen molar-refractivity contribution in [2.45, 2.75) is 84.5 Å². The lowest BCUT2D eigenvalue weighted by atomic mass is 9.78. The fourth-order valence-electron chi connectivity index (χ4n) is 5.30. The van der Waals surface area contributed by atoms with Gasteiger partial charge in [-0.3, -0.25) is 19.2 Å². The molecular weight excluding hydrogens is 721 g/mol. The van der Waals surface area contributed by atoms with Gasteiger partial charge in [0, 0.05) is 21.1 Å². The van der Waals surface area contributed by atoms with Crippen LogP contribution >= 0.6 is 34.0 Å². The minimum atomic E-state index is -1.38. The minimum absolute atomic E-state index is 0.0164. The molecule has 0 aliphatic heterocycles. The number of carbonyl (C=O) groups excluding carboxylic acids is 4. The van der Waals surface area contributed by atoms with Crippen LogP contribution in [-0.4, -0.2) is 55.4 Å². The van der Waals surface area contributed by atoms with Crippen molar-refractivity contribution in [2.75, 3.05) is 26.4 Å². The van der Waals surface area contributed by atoms with Crippen LogP contribution in [0.1, 0.15) is 79.3 Å². The maximum Gasteiger partial charge on any atom is 0.311 e. The standard InChI is InChI=1S/C40H48O9S3/c1-38(2,3)31-18-27(19-32(37(31)45)39(4,5)6)13-14-33(41)46-23-40(24-47-34(42)20-28-10-7-15-50-28,25-48-35(43)21-29-11-8-16-51-29)26-49-36(44)22-30-12-9-17-52-30/h7-12,15-19,45H,13-14,20-26H2,1-6H3. The average Bonchev–Trinajstić information content (AvgIpc) is 3.88. The van der Waals surface area contributed by atoms with Gasteiger partial charge in [-0.05, 0) is 68.3 Å². The molecule has 52 heavy (non-hydrogen) atoms. The van der Waals surface area contributed by atoms with Crippen LogP contribution in [0.3, 0.4) is 0 Å². The smallest absolute Gasteiger partial charge is 0.311 e. The van der Waals surface area contributed by atoms with Crippen molar-refractivity contribution in [1.29, 1.82) is 0 Å². The maximum atomic E-state index is 13.4. The second kappa shape index (κ2) is 18.2. The Bertz CT molecular complexity index is 1600. The van der Waals surface area contributed by atoms with Crippen molar-refractivity contribution < 1.29 is 43.2 Å². The van der Waals surface area contributed by atoms with Crippen LogP contribution in [0, 0.1) is 5.41 Å². The molecule has 0 amide bonds. The molecule has 3 heterocycles. The molecule has 12 heteroatoms. The quantitative estimate of drug-likeness (QED) is 0.0841. The Hall–Kier alpha value is -4.00. The van der Waals surface area contributed by atoms with Crippen LogP contribution in [0.2, 0.25) is 0 Å². The van der Waals surface area contributed by atoms with Gasteiger partial charge in [0.1, 0.15) is 37.6 Å². The van der Waals surface area contributed by atoms with Gasteiger partial charge in [0.05, 0.1) is 19.3 Å². The number of aryl methyl sites for hydroxylation is 1. The predicted molar refractivity (Wildman–Crippen MR) is 204 cm³/mol. The van der Waals surface area contributed by atoms with Crippen LogP contribution in [0.5, 0.6) is 5.75 Å². The highest BCUT2D eigenvalue weighted by Gasteiger charge is 2.38. The molecule has 0 saturated carbocycles. The Labute approximate surface area is 317 Å². The lowest BCUT2D eigenvalue weighted by Crippen LogP contribution is -2.44. The first kappa shape index (κ1) is 40.8. The number of hydrogen-bond acceptors (Lipinski definition) is 12. The van der Waals surface area contributed by atoms with E-state index in [9.17, 15) is 24.3 Å². The zero-order chi connectivity index (χ0) is 37.9. The first-order valence-corrected chi connectivity index (χ1v) is 19.7. The van der Waals surface area contributed by atoms with E-state index in [1.54, 1.807) is 0 Å². The fourth-order valence-corrected chi connectivity index (χ4v) is 7.38. The minimum Gasteiger partial charge on any atom is -0.507 e. The zero-order valence-corrected chi connectivity index (χ0v) is 33.1. The largest absolute Gasteiger partial charge is 0.507 e. The molecule has 1 N–H and O–H groups in total. The molecule has 280 valence electrons. The van der Waals surface area contributed by atoms with Gasteiger partial charge in [0.15, 0.2) is 0 Å². The summed E-state index contributed by atoms with van der Waals surface area (Å²) in [5.41, 5.74) is 0.421. The van der Waals surface area contributed by atoms with Crippen molar-refractivity contribution >= 4 is 57.9 Å². The summed E-state index contributed by atoms with van der Waals surface area (Å²) in [6.07, 6.45) is 0.457. The predicted octanol–water partition coefficient (Wildman–Crippen LogP) is 7.99. The summed E-state index contributed by atoms with van der Waals surface area (Å²) in [5.74, 6) is -1.85. The molecule has 4 aromatic rings. The van der Waals surface area contributed by atoms with Gasteiger partial charge in [0.25, 0.3) is 0 Å². The summed E-state index contributed by atoms with van der Waals surface area (Å²) in [7, 11) is 0. The van der Waals surface area contributed by atoms with E-state index in [0.29, 0.717) is 6.42 Å². The number of rotatable bonds is 17. The summed E-state index contributed by atoms with van der Waals surface area (Å²) < 4.78 is 22.9. The Kier molecular flexibility index (Phi) is 14.2. The van der Waals surface area contributed by atoms with Gasteiger partial charge in [-0.15, -0.1) is 34.0 Å². The van der Waals surface area contributed by atoms with Crippen molar-refractivity contribution in [2.24, 2.45) is 5.41 Å². The van der Waals surface area contributed by atoms with Crippen LogP contribution in [0.25, 0.3) is 0 Å². The molecule has 0 aliphatic rings. The van der Waals surface area contributed by atoms with Crippen LogP contribution in [0.15, 0.2) is 64.7 Å². The Morgan fingerprint density at radius 1 is 0.577 bits per heavy atom. The van der Waals surface area contributed by atoms with Crippen LogP contribution < -0.4 is 0 Å². The van der Waals surface area contributed by atoms with E-state index >= 15 is 0 Å². The Morgan fingerprint density at radius 2 is 0.923 bits per heavy atom. The highest BCUT2D eigenvalue weighted by Crippen LogP contribution is 2.40. The molecule has 0 unspecified atom stereocenters. The number of benzene rings is 1. The van der Waals surface area contributed by atoms with E-state index in [2.05, 4.69) is 0 Å². The van der Waals surface area contributed by atoms with Crippen molar-refractivity contribution in [3.63, 3.8) is 0 Å². The number of phenols is 1. The van der Waals surface area contributed by atoms with Gasteiger partial charge in [0.2, 0.25) is 0 Å². The molecule has 0 spiro atoms.